The van der Waals surface area contributed by atoms with Crippen LogP contribution in [0.3, 0.4) is 0 Å². The zero-order valence-electron chi connectivity index (χ0n) is 15.4. The average Bonchev–Trinajstić information content (AvgIpc) is 3.37. The van der Waals surface area contributed by atoms with Crippen molar-refractivity contribution in [2.45, 2.75) is 57.0 Å². The molecule has 0 aromatic carbocycles. The molecule has 4 rings (SSSR count). The number of hydrogen-bond acceptors (Lipinski definition) is 5. The largest absolute Gasteiger partial charge is 0.348 e. The average molecular weight is 374 g/mol. The van der Waals surface area contributed by atoms with Crippen molar-refractivity contribution in [3.63, 3.8) is 0 Å². The number of aromatic nitrogens is 3. The number of piperidine rings is 1. The molecule has 1 N–H and O–H groups in total. The van der Waals surface area contributed by atoms with Gasteiger partial charge < -0.3 is 5.32 Å². The summed E-state index contributed by atoms with van der Waals surface area (Å²) < 4.78 is 1.66. The standard InChI is InChI=1S/C19H27N5OS/c1-23-9-8-17(22-23)18(25)20-15-6-10-24(11-7-15)12-16-13-26-19(21-16)14-4-2-3-5-14/h8-9,13-15H,2-7,10-12H2,1H3,(H,20,25). The van der Waals surface area contributed by atoms with Crippen LogP contribution in [-0.2, 0) is 13.6 Å². The molecule has 1 saturated heterocycles. The summed E-state index contributed by atoms with van der Waals surface area (Å²) in [5, 5.41) is 10.9. The number of thiazole rings is 1. The smallest absolute Gasteiger partial charge is 0.271 e. The lowest BCUT2D eigenvalue weighted by atomic mass is 10.0. The van der Waals surface area contributed by atoms with Gasteiger partial charge in [-0.3, -0.25) is 14.4 Å². The lowest BCUT2D eigenvalue weighted by Gasteiger charge is -2.31. The number of carbonyl (C=O) groups is 1. The van der Waals surface area contributed by atoms with Crippen molar-refractivity contribution in [1.29, 1.82) is 0 Å². The van der Waals surface area contributed by atoms with Crippen molar-refractivity contribution in [2.75, 3.05) is 13.1 Å². The van der Waals surface area contributed by atoms with E-state index in [-0.39, 0.29) is 11.9 Å². The predicted octanol–water partition coefficient (Wildman–Crippen LogP) is 2.93. The van der Waals surface area contributed by atoms with Crippen LogP contribution in [0.25, 0.3) is 0 Å². The van der Waals surface area contributed by atoms with Crippen LogP contribution < -0.4 is 5.32 Å². The highest BCUT2D eigenvalue weighted by Crippen LogP contribution is 2.35. The van der Waals surface area contributed by atoms with Gasteiger partial charge in [-0.2, -0.15) is 5.10 Å². The summed E-state index contributed by atoms with van der Waals surface area (Å²) in [5.41, 5.74) is 1.71. The molecule has 0 spiro atoms. The Labute approximate surface area is 158 Å². The molecule has 0 radical (unpaired) electrons. The minimum Gasteiger partial charge on any atom is -0.348 e. The van der Waals surface area contributed by atoms with Gasteiger partial charge in [-0.25, -0.2) is 4.98 Å². The van der Waals surface area contributed by atoms with Crippen molar-refractivity contribution >= 4 is 17.2 Å². The van der Waals surface area contributed by atoms with Gasteiger partial charge in [-0.15, -0.1) is 11.3 Å². The molecule has 140 valence electrons. The van der Waals surface area contributed by atoms with Crippen molar-refractivity contribution in [2.24, 2.45) is 7.05 Å². The lowest BCUT2D eigenvalue weighted by Crippen LogP contribution is -2.44. The topological polar surface area (TPSA) is 63.1 Å². The molecule has 0 bridgehead atoms. The highest BCUT2D eigenvalue weighted by molar-refractivity contribution is 7.09. The van der Waals surface area contributed by atoms with E-state index in [1.807, 2.05) is 18.4 Å². The second-order valence-electron chi connectivity index (χ2n) is 7.56. The second-order valence-corrected chi connectivity index (χ2v) is 8.45. The molecule has 0 unspecified atom stereocenters. The van der Waals surface area contributed by atoms with Crippen molar-refractivity contribution in [1.82, 2.24) is 25.0 Å². The van der Waals surface area contributed by atoms with Crippen molar-refractivity contribution < 1.29 is 4.79 Å². The molecule has 1 aliphatic carbocycles. The number of hydrogen-bond donors (Lipinski definition) is 1. The minimum absolute atomic E-state index is 0.0650. The molecule has 2 aromatic rings. The van der Waals surface area contributed by atoms with E-state index in [9.17, 15) is 4.79 Å². The van der Waals surface area contributed by atoms with Crippen molar-refractivity contribution in [3.8, 4) is 0 Å². The van der Waals surface area contributed by atoms with E-state index in [0.29, 0.717) is 11.6 Å². The lowest BCUT2D eigenvalue weighted by molar-refractivity contribution is 0.0903. The Morgan fingerprint density at radius 3 is 2.73 bits per heavy atom. The number of nitrogens with zero attached hydrogens (tertiary/aromatic N) is 4. The number of likely N-dealkylation sites (tertiary alicyclic amines) is 1. The monoisotopic (exact) mass is 373 g/mol. The van der Waals surface area contributed by atoms with Crippen LogP contribution in [0.5, 0.6) is 0 Å². The fourth-order valence-corrected chi connectivity index (χ4v) is 5.00. The summed E-state index contributed by atoms with van der Waals surface area (Å²) in [6.07, 6.45) is 9.11. The van der Waals surface area contributed by atoms with Crippen LogP contribution in [0, 0.1) is 0 Å². The molecule has 0 atom stereocenters. The van der Waals surface area contributed by atoms with Crippen molar-refractivity contribution in [3.05, 3.63) is 34.0 Å². The summed E-state index contributed by atoms with van der Waals surface area (Å²) >= 11 is 1.84. The van der Waals surface area contributed by atoms with Crippen LogP contribution in [-0.4, -0.2) is 44.7 Å². The number of carbonyl (C=O) groups excluding carboxylic acids is 1. The second kappa shape index (κ2) is 7.88. The summed E-state index contributed by atoms with van der Waals surface area (Å²) in [6.45, 7) is 2.94. The van der Waals surface area contributed by atoms with Gasteiger partial charge in [0.25, 0.3) is 5.91 Å². The SMILES string of the molecule is Cn1ccc(C(=O)NC2CCN(Cc3csc(C4CCCC4)n3)CC2)n1. The molecular formula is C19H27N5OS. The molecule has 1 aliphatic heterocycles. The summed E-state index contributed by atoms with van der Waals surface area (Å²) in [5.74, 6) is 0.644. The van der Waals surface area contributed by atoms with Gasteiger partial charge in [-0.1, -0.05) is 12.8 Å². The Bertz CT molecular complexity index is 741. The maximum atomic E-state index is 12.2. The molecular weight excluding hydrogens is 346 g/mol. The van der Waals surface area contributed by atoms with Gasteiger partial charge in [0.05, 0.1) is 10.7 Å². The van der Waals surface area contributed by atoms with Gasteiger partial charge >= 0.3 is 0 Å². The zero-order valence-corrected chi connectivity index (χ0v) is 16.2. The third-order valence-electron chi connectivity index (χ3n) is 5.53. The molecule has 2 fully saturated rings. The Kier molecular flexibility index (Phi) is 5.36. The van der Waals surface area contributed by atoms with Crippen LogP contribution in [0.2, 0.25) is 0 Å². The Balaban J connectivity index is 1.24. The van der Waals surface area contributed by atoms with Crippen LogP contribution in [0.4, 0.5) is 0 Å². The molecule has 2 aliphatic rings. The first-order valence-electron chi connectivity index (χ1n) is 9.64. The molecule has 1 saturated carbocycles. The van der Waals surface area contributed by atoms with Crippen LogP contribution in [0.15, 0.2) is 17.6 Å². The van der Waals surface area contributed by atoms with Gasteiger partial charge in [0.15, 0.2) is 0 Å². The van der Waals surface area contributed by atoms with E-state index in [1.165, 1.54) is 36.4 Å². The molecule has 7 heteroatoms. The number of aryl methyl sites for hydroxylation is 1. The quantitative estimate of drug-likeness (QED) is 0.875. The van der Waals surface area contributed by atoms with Gasteiger partial charge in [0.2, 0.25) is 0 Å². The van der Waals surface area contributed by atoms with Crippen LogP contribution in [0.1, 0.15) is 65.6 Å². The Morgan fingerprint density at radius 2 is 2.04 bits per heavy atom. The number of rotatable bonds is 5. The minimum atomic E-state index is -0.0650. The third-order valence-corrected chi connectivity index (χ3v) is 6.58. The Morgan fingerprint density at radius 1 is 1.27 bits per heavy atom. The normalized spacial score (nSPS) is 19.9. The highest BCUT2D eigenvalue weighted by Gasteiger charge is 2.24. The summed E-state index contributed by atoms with van der Waals surface area (Å²) in [4.78, 5) is 19.6. The fourth-order valence-electron chi connectivity index (χ4n) is 4.02. The van der Waals surface area contributed by atoms with Gasteiger partial charge in [-0.05, 0) is 31.7 Å². The molecule has 26 heavy (non-hydrogen) atoms. The first-order chi connectivity index (χ1) is 12.7. The third kappa shape index (κ3) is 4.15. The van der Waals surface area contributed by atoms with Gasteiger partial charge in [0.1, 0.15) is 5.69 Å². The predicted molar refractivity (Wildman–Crippen MR) is 102 cm³/mol. The van der Waals surface area contributed by atoms with E-state index in [0.717, 1.165) is 32.5 Å². The van der Waals surface area contributed by atoms with E-state index in [4.69, 9.17) is 4.98 Å². The highest BCUT2D eigenvalue weighted by atomic mass is 32.1. The van der Waals surface area contributed by atoms with Gasteiger partial charge in [0, 0.05) is 50.2 Å². The molecule has 3 heterocycles. The van der Waals surface area contributed by atoms with Crippen LogP contribution >= 0.6 is 11.3 Å². The number of amides is 1. The molecule has 6 nitrogen and oxygen atoms in total. The molecule has 1 amide bonds. The van der Waals surface area contributed by atoms with E-state index in [1.54, 1.807) is 16.9 Å². The summed E-state index contributed by atoms with van der Waals surface area (Å²) in [7, 11) is 1.83. The first-order valence-corrected chi connectivity index (χ1v) is 10.5. The first kappa shape index (κ1) is 17.7. The molecule has 2 aromatic heterocycles. The van der Waals surface area contributed by atoms with E-state index in [2.05, 4.69) is 20.7 Å². The summed E-state index contributed by atoms with van der Waals surface area (Å²) in [6, 6.07) is 2.00. The fraction of sp³-hybridized carbons (Fsp3) is 0.632. The number of nitrogens with one attached hydrogen (secondary N) is 1. The maximum absolute atomic E-state index is 12.2. The van der Waals surface area contributed by atoms with E-state index < -0.39 is 0 Å². The van der Waals surface area contributed by atoms with E-state index >= 15 is 0 Å². The Hall–Kier alpha value is -1.73. The zero-order chi connectivity index (χ0) is 17.9. The maximum Gasteiger partial charge on any atom is 0.271 e.